The number of anilines is 3. The molecule has 13 heteroatoms. The molecule has 1 aliphatic rings. The summed E-state index contributed by atoms with van der Waals surface area (Å²) in [7, 11) is 1.58. The Bertz CT molecular complexity index is 1830. The first-order chi connectivity index (χ1) is 22.3. The van der Waals surface area contributed by atoms with Crippen LogP contribution < -0.4 is 21.5 Å². The number of carbonyl (C=O) groups excluding carboxylic acids is 2. The molecule has 3 heterocycles. The number of amides is 2. The van der Waals surface area contributed by atoms with Crippen molar-refractivity contribution in [1.82, 2.24) is 19.8 Å². The van der Waals surface area contributed by atoms with Gasteiger partial charge in [0, 0.05) is 68.0 Å². The van der Waals surface area contributed by atoms with Crippen LogP contribution in [-0.4, -0.2) is 63.7 Å². The number of hydrogen-bond donors (Lipinski definition) is 4. The summed E-state index contributed by atoms with van der Waals surface area (Å²) in [4.78, 5) is 45.0. The van der Waals surface area contributed by atoms with Gasteiger partial charge in [-0.15, -0.1) is 0 Å². The third-order valence-electron chi connectivity index (χ3n) is 8.33. The second kappa shape index (κ2) is 13.4. The topological polar surface area (TPSA) is 129 Å². The predicted octanol–water partition coefficient (Wildman–Crippen LogP) is 4.82. The van der Waals surface area contributed by atoms with Crippen LogP contribution in [0.25, 0.3) is 11.1 Å². The lowest BCUT2D eigenvalue weighted by molar-refractivity contribution is -0.180. The van der Waals surface area contributed by atoms with Gasteiger partial charge in [-0.05, 0) is 61.4 Å². The molecule has 2 aromatic carbocycles. The average Bonchev–Trinajstić information content (AvgIpc) is 3.06. The molecule has 2 amide bonds. The summed E-state index contributed by atoms with van der Waals surface area (Å²) in [6, 6.07) is 15.1. The number of aryl methyl sites for hydroxylation is 1. The Morgan fingerprint density at radius 1 is 0.979 bits per heavy atom. The molecule has 47 heavy (non-hydrogen) atoms. The summed E-state index contributed by atoms with van der Waals surface area (Å²) in [5.74, 6) is -0.334. The van der Waals surface area contributed by atoms with Gasteiger partial charge in [-0.25, -0.2) is 4.98 Å². The Morgan fingerprint density at radius 3 is 2.28 bits per heavy atom. The number of nitrogens with one attached hydrogen (secondary N) is 3. The molecular formula is C34H35F3N6O4. The number of carbonyl (C=O) groups is 2. The van der Waals surface area contributed by atoms with Crippen molar-refractivity contribution in [2.45, 2.75) is 32.0 Å². The van der Waals surface area contributed by atoms with Crippen molar-refractivity contribution < 1.29 is 27.9 Å². The molecule has 0 spiro atoms. The number of hydrogen-bond acceptors (Lipinski definition) is 7. The van der Waals surface area contributed by atoms with Crippen LogP contribution in [-0.2, 0) is 19.1 Å². The fourth-order valence-corrected chi connectivity index (χ4v) is 5.27. The maximum absolute atomic E-state index is 13.5. The Kier molecular flexibility index (Phi) is 9.50. The maximum atomic E-state index is 13.5. The van der Waals surface area contributed by atoms with E-state index in [1.54, 1.807) is 54.5 Å². The molecule has 0 radical (unpaired) electrons. The van der Waals surface area contributed by atoms with Crippen LogP contribution in [0.4, 0.5) is 30.4 Å². The third-order valence-corrected chi connectivity index (χ3v) is 8.33. The van der Waals surface area contributed by atoms with Crippen molar-refractivity contribution in [3.8, 4) is 11.1 Å². The molecule has 10 nitrogen and oxygen atoms in total. The number of piperazine rings is 1. The molecule has 5 rings (SSSR count). The molecule has 4 aromatic rings. The molecular weight excluding hydrogens is 613 g/mol. The van der Waals surface area contributed by atoms with Crippen molar-refractivity contribution in [2.75, 3.05) is 36.8 Å². The van der Waals surface area contributed by atoms with Gasteiger partial charge in [0.05, 0.1) is 17.6 Å². The second-order valence-corrected chi connectivity index (χ2v) is 11.8. The zero-order chi connectivity index (χ0) is 33.9. The first kappa shape index (κ1) is 33.4. The number of alkyl halides is 3. The van der Waals surface area contributed by atoms with Crippen LogP contribution in [0.2, 0.25) is 0 Å². The van der Waals surface area contributed by atoms with E-state index >= 15 is 0 Å². The van der Waals surface area contributed by atoms with Gasteiger partial charge in [-0.2, -0.15) is 13.2 Å². The highest BCUT2D eigenvalue weighted by Gasteiger charge is 2.48. The van der Waals surface area contributed by atoms with Crippen LogP contribution in [0.1, 0.15) is 45.7 Å². The highest BCUT2D eigenvalue weighted by molar-refractivity contribution is 6.05. The van der Waals surface area contributed by atoms with E-state index in [0.29, 0.717) is 46.8 Å². The van der Waals surface area contributed by atoms with Gasteiger partial charge < -0.3 is 30.5 Å². The number of halogens is 3. The summed E-state index contributed by atoms with van der Waals surface area (Å²) in [6.07, 6.45) is -1.41. The molecule has 0 bridgehead atoms. The van der Waals surface area contributed by atoms with Gasteiger partial charge in [0.2, 0.25) is 0 Å². The number of aromatic nitrogens is 2. The molecule has 1 saturated heterocycles. The van der Waals surface area contributed by atoms with Crippen LogP contribution in [0.3, 0.4) is 0 Å². The summed E-state index contributed by atoms with van der Waals surface area (Å²) in [6.45, 7) is 4.37. The number of pyridine rings is 2. The zero-order valence-electron chi connectivity index (χ0n) is 26.1. The summed E-state index contributed by atoms with van der Waals surface area (Å²) in [5.41, 5.74) is 0.118. The normalized spacial score (nSPS) is 13.7. The molecule has 1 fully saturated rings. The Morgan fingerprint density at radius 2 is 1.66 bits per heavy atom. The minimum atomic E-state index is -4.46. The molecule has 246 valence electrons. The number of aliphatic hydroxyl groups excluding tert-OH is 1. The first-order valence-corrected chi connectivity index (χ1v) is 15.0. The number of aliphatic hydroxyl groups is 1. The number of nitrogens with zero attached hydrogens (tertiary/aromatic N) is 3. The van der Waals surface area contributed by atoms with Gasteiger partial charge in [-0.3, -0.25) is 14.4 Å². The van der Waals surface area contributed by atoms with Crippen LogP contribution >= 0.6 is 0 Å². The Hall–Kier alpha value is -5.01. The largest absolute Gasteiger partial charge is 0.397 e. The first-order valence-electron chi connectivity index (χ1n) is 15.0. The van der Waals surface area contributed by atoms with Gasteiger partial charge in [-0.1, -0.05) is 24.3 Å². The molecule has 0 saturated carbocycles. The summed E-state index contributed by atoms with van der Waals surface area (Å²) < 4.78 is 41.8. The number of rotatable bonds is 8. The summed E-state index contributed by atoms with van der Waals surface area (Å²) in [5, 5.41) is 19.3. The Balaban J connectivity index is 1.37. The fraction of sp³-hybridized carbons (Fsp3) is 0.294. The maximum Gasteiger partial charge on any atom is 0.397 e. The minimum absolute atomic E-state index is 0.0218. The van der Waals surface area contributed by atoms with Crippen LogP contribution in [0, 0.1) is 0 Å². The quantitative estimate of drug-likeness (QED) is 0.216. The van der Waals surface area contributed by atoms with E-state index in [2.05, 4.69) is 20.9 Å². The van der Waals surface area contributed by atoms with Crippen molar-refractivity contribution in [3.63, 3.8) is 0 Å². The van der Waals surface area contributed by atoms with Gasteiger partial charge >= 0.3 is 6.18 Å². The Labute approximate surface area is 269 Å². The van der Waals surface area contributed by atoms with E-state index in [4.69, 9.17) is 0 Å². The lowest BCUT2D eigenvalue weighted by atomic mass is 9.83. The highest BCUT2D eigenvalue weighted by atomic mass is 19.4. The molecule has 4 N–H and O–H groups in total. The van der Waals surface area contributed by atoms with Crippen molar-refractivity contribution in [1.29, 1.82) is 0 Å². The van der Waals surface area contributed by atoms with E-state index < -0.39 is 24.1 Å². The van der Waals surface area contributed by atoms with Crippen LogP contribution in [0.15, 0.2) is 77.9 Å². The molecule has 1 aliphatic heterocycles. The third kappa shape index (κ3) is 7.05. The average molecular weight is 649 g/mol. The number of benzene rings is 2. The zero-order valence-corrected chi connectivity index (χ0v) is 26.1. The van der Waals surface area contributed by atoms with Gasteiger partial charge in [0.1, 0.15) is 11.5 Å². The van der Waals surface area contributed by atoms with E-state index in [9.17, 15) is 32.7 Å². The SMILES string of the molecule is Cn1cc(-c2cccc(NC(=O)c3ccc(C(C)(C)C(F)(F)F)cc3)c2CO)cc(Nc2ccc(C(=O)N3CCNCC3)cn2)c1=O. The standard InChI is InChI=1S/C34H35F3N6O4/c1-33(2,34(35,36)37)24-10-7-21(8-11-24)30(45)41-27-6-4-5-25(26(27)20-44)23-17-28(32(47)42(3)19-23)40-29-12-9-22(18-39-29)31(46)43-15-13-38-14-16-43/h4-12,17-19,38,44H,13-16,20H2,1-3H3,(H,39,40)(H,41,45). The lowest BCUT2D eigenvalue weighted by Gasteiger charge is -2.28. The molecule has 2 aromatic heterocycles. The van der Waals surface area contributed by atoms with Gasteiger partial charge in [0.25, 0.3) is 17.4 Å². The monoisotopic (exact) mass is 648 g/mol. The predicted molar refractivity (Wildman–Crippen MR) is 173 cm³/mol. The van der Waals surface area contributed by atoms with E-state index in [1.807, 2.05) is 0 Å². The van der Waals surface area contributed by atoms with Crippen LogP contribution in [0.5, 0.6) is 0 Å². The second-order valence-electron chi connectivity index (χ2n) is 11.8. The summed E-state index contributed by atoms with van der Waals surface area (Å²) >= 11 is 0. The van der Waals surface area contributed by atoms with E-state index in [1.165, 1.54) is 35.0 Å². The fourth-order valence-electron chi connectivity index (χ4n) is 5.27. The van der Waals surface area contributed by atoms with E-state index in [-0.39, 0.29) is 28.3 Å². The van der Waals surface area contributed by atoms with Crippen molar-refractivity contribution >= 4 is 29.0 Å². The lowest BCUT2D eigenvalue weighted by Crippen LogP contribution is -2.46. The highest BCUT2D eigenvalue weighted by Crippen LogP contribution is 2.40. The van der Waals surface area contributed by atoms with Crippen molar-refractivity contribution in [2.24, 2.45) is 7.05 Å². The van der Waals surface area contributed by atoms with Crippen molar-refractivity contribution in [3.05, 3.63) is 106 Å². The smallest absolute Gasteiger partial charge is 0.392 e. The molecule has 0 aliphatic carbocycles. The van der Waals surface area contributed by atoms with Gasteiger partial charge in [0.15, 0.2) is 0 Å². The van der Waals surface area contributed by atoms with E-state index in [0.717, 1.165) is 26.9 Å². The minimum Gasteiger partial charge on any atom is -0.392 e. The molecule has 0 atom stereocenters. The molecule has 0 unspecified atom stereocenters.